The third-order valence-corrected chi connectivity index (χ3v) is 6.64. The maximum absolute atomic E-state index is 13.6. The molecule has 1 N–H and O–H groups in total. The minimum Gasteiger partial charge on any atom is -0.493 e. The van der Waals surface area contributed by atoms with Crippen molar-refractivity contribution in [2.75, 3.05) is 19.5 Å². The Hall–Kier alpha value is -3.54. The lowest BCUT2D eigenvalue weighted by atomic mass is 9.71. The van der Waals surface area contributed by atoms with E-state index in [1.807, 2.05) is 37.3 Å². The number of Topliss-reactive ketones (excluding diaryl/α,β-unsaturated/α-hetero) is 1. The number of carbonyl (C=O) groups is 1. The van der Waals surface area contributed by atoms with E-state index in [4.69, 9.17) is 14.0 Å². The first-order valence-corrected chi connectivity index (χ1v) is 10.8. The highest BCUT2D eigenvalue weighted by atomic mass is 16.5. The van der Waals surface area contributed by atoms with Crippen LogP contribution >= 0.6 is 0 Å². The van der Waals surface area contributed by atoms with Crippen molar-refractivity contribution in [3.8, 4) is 11.5 Å². The molecule has 2 aromatic carbocycles. The van der Waals surface area contributed by atoms with E-state index in [1.54, 1.807) is 14.2 Å². The Morgan fingerprint density at radius 2 is 1.81 bits per heavy atom. The first kappa shape index (κ1) is 20.4. The minimum atomic E-state index is -0.174. The number of carbonyl (C=O) groups excluding carboxylic acids is 1. The number of benzene rings is 2. The van der Waals surface area contributed by atoms with Crippen molar-refractivity contribution in [1.29, 1.82) is 0 Å². The Bertz CT molecular complexity index is 1240. The van der Waals surface area contributed by atoms with Gasteiger partial charge in [0.05, 0.1) is 25.5 Å². The fraction of sp³-hybridized carbons (Fsp3) is 0.308. The zero-order valence-electron chi connectivity index (χ0n) is 18.7. The van der Waals surface area contributed by atoms with Gasteiger partial charge in [-0.1, -0.05) is 35.5 Å². The molecule has 0 amide bonds. The number of nitrogens with one attached hydrogen (secondary N) is 1. The van der Waals surface area contributed by atoms with Gasteiger partial charge in [-0.2, -0.15) is 0 Å². The van der Waals surface area contributed by atoms with Crippen LogP contribution in [-0.4, -0.2) is 25.2 Å². The number of methoxy groups -OCH3 is 2. The van der Waals surface area contributed by atoms with Crippen molar-refractivity contribution < 1.29 is 18.8 Å². The number of nitrogens with zero attached hydrogens (tertiary/aromatic N) is 1. The molecule has 32 heavy (non-hydrogen) atoms. The van der Waals surface area contributed by atoms with Crippen LogP contribution in [0.3, 0.4) is 0 Å². The molecule has 0 saturated heterocycles. The standard InChI is InChI=1S/C26H26N2O4/c1-14-7-5-6-8-18(14)24-23-15(2)28-32-26(23)27-19-11-17(12-20(29)25(19)24)16-9-10-21(30-3)22(13-16)31-4/h5-10,13,17,24,27H,11-12H2,1-4H3/t17-,24+/m0/s1. The summed E-state index contributed by atoms with van der Waals surface area (Å²) in [6.45, 7) is 4.01. The van der Waals surface area contributed by atoms with Crippen LogP contribution in [-0.2, 0) is 4.79 Å². The zero-order chi connectivity index (χ0) is 22.4. The lowest BCUT2D eigenvalue weighted by Crippen LogP contribution is -2.29. The highest BCUT2D eigenvalue weighted by Crippen LogP contribution is 2.50. The summed E-state index contributed by atoms with van der Waals surface area (Å²) < 4.78 is 16.5. The number of allylic oxidation sites excluding steroid dienone is 2. The number of hydrogen-bond donors (Lipinski definition) is 1. The quantitative estimate of drug-likeness (QED) is 0.608. The fourth-order valence-electron chi connectivity index (χ4n) is 5.04. The number of anilines is 1. The normalized spacial score (nSPS) is 19.8. The number of ketones is 1. The highest BCUT2D eigenvalue weighted by molar-refractivity contribution is 6.01. The van der Waals surface area contributed by atoms with Gasteiger partial charge in [-0.3, -0.25) is 4.79 Å². The lowest BCUT2D eigenvalue weighted by molar-refractivity contribution is -0.116. The predicted octanol–water partition coefficient (Wildman–Crippen LogP) is 5.27. The number of fused-ring (bicyclic) bond motifs is 1. The largest absolute Gasteiger partial charge is 0.493 e. The SMILES string of the molecule is COc1ccc([C@@H]2CC(=O)C3=C(C2)Nc2onc(C)c2[C@H]3c2ccccc2C)cc1OC. The highest BCUT2D eigenvalue weighted by Gasteiger charge is 2.41. The van der Waals surface area contributed by atoms with E-state index in [0.29, 0.717) is 30.2 Å². The third kappa shape index (κ3) is 3.18. The molecule has 1 aromatic heterocycles. The van der Waals surface area contributed by atoms with Gasteiger partial charge in [0.25, 0.3) is 0 Å². The molecule has 164 valence electrons. The Kier molecular flexibility index (Phi) is 5.00. The van der Waals surface area contributed by atoms with Crippen LogP contribution in [0.2, 0.25) is 0 Å². The second-order valence-electron chi connectivity index (χ2n) is 8.46. The van der Waals surface area contributed by atoms with Crippen molar-refractivity contribution in [1.82, 2.24) is 5.16 Å². The number of hydrogen-bond acceptors (Lipinski definition) is 6. The van der Waals surface area contributed by atoms with Crippen LogP contribution in [0.15, 0.2) is 58.3 Å². The molecule has 0 radical (unpaired) electrons. The minimum absolute atomic E-state index is 0.0386. The van der Waals surface area contributed by atoms with Crippen LogP contribution in [0, 0.1) is 13.8 Å². The Balaban J connectivity index is 1.59. The van der Waals surface area contributed by atoms with Crippen molar-refractivity contribution >= 4 is 11.7 Å². The summed E-state index contributed by atoms with van der Waals surface area (Å²) in [5.41, 5.74) is 6.82. The van der Waals surface area contributed by atoms with Crippen LogP contribution in [0.1, 0.15) is 52.6 Å². The van der Waals surface area contributed by atoms with E-state index in [-0.39, 0.29) is 17.6 Å². The van der Waals surface area contributed by atoms with Gasteiger partial charge >= 0.3 is 0 Å². The second-order valence-corrected chi connectivity index (χ2v) is 8.46. The van der Waals surface area contributed by atoms with E-state index >= 15 is 0 Å². The van der Waals surface area contributed by atoms with Gasteiger partial charge in [0.2, 0.25) is 5.88 Å². The van der Waals surface area contributed by atoms with Gasteiger partial charge in [-0.25, -0.2) is 0 Å². The number of aryl methyl sites for hydroxylation is 2. The molecule has 1 aliphatic heterocycles. The maximum atomic E-state index is 13.6. The van der Waals surface area contributed by atoms with Gasteiger partial charge < -0.3 is 19.3 Å². The molecule has 2 aliphatic rings. The van der Waals surface area contributed by atoms with E-state index < -0.39 is 0 Å². The Morgan fingerprint density at radius 1 is 1.03 bits per heavy atom. The van der Waals surface area contributed by atoms with Crippen molar-refractivity contribution in [3.63, 3.8) is 0 Å². The molecule has 6 nitrogen and oxygen atoms in total. The summed E-state index contributed by atoms with van der Waals surface area (Å²) >= 11 is 0. The molecule has 6 heteroatoms. The summed E-state index contributed by atoms with van der Waals surface area (Å²) in [5.74, 6) is 1.99. The first-order chi connectivity index (χ1) is 15.5. The van der Waals surface area contributed by atoms with Crippen LogP contribution in [0.25, 0.3) is 0 Å². The molecule has 5 rings (SSSR count). The predicted molar refractivity (Wildman–Crippen MR) is 121 cm³/mol. The number of ether oxygens (including phenoxy) is 2. The van der Waals surface area contributed by atoms with E-state index in [2.05, 4.69) is 29.5 Å². The lowest BCUT2D eigenvalue weighted by Gasteiger charge is -2.35. The van der Waals surface area contributed by atoms with Crippen molar-refractivity contribution in [3.05, 3.63) is 81.7 Å². The zero-order valence-corrected chi connectivity index (χ0v) is 18.7. The van der Waals surface area contributed by atoms with Crippen LogP contribution in [0.5, 0.6) is 11.5 Å². The molecule has 2 heterocycles. The summed E-state index contributed by atoms with van der Waals surface area (Å²) in [4.78, 5) is 13.6. The van der Waals surface area contributed by atoms with Gasteiger partial charge in [0, 0.05) is 23.6 Å². The summed E-state index contributed by atoms with van der Waals surface area (Å²) in [6, 6.07) is 14.1. The molecule has 0 spiro atoms. The Labute approximate surface area is 187 Å². The van der Waals surface area contributed by atoms with E-state index in [1.165, 1.54) is 0 Å². The van der Waals surface area contributed by atoms with Gasteiger partial charge in [0.15, 0.2) is 17.3 Å². The number of aromatic nitrogens is 1. The summed E-state index contributed by atoms with van der Waals surface area (Å²) in [7, 11) is 3.24. The van der Waals surface area contributed by atoms with Gasteiger partial charge in [-0.05, 0) is 55.0 Å². The van der Waals surface area contributed by atoms with E-state index in [9.17, 15) is 4.79 Å². The average molecular weight is 431 g/mol. The van der Waals surface area contributed by atoms with Crippen LogP contribution < -0.4 is 14.8 Å². The molecule has 0 saturated carbocycles. The van der Waals surface area contributed by atoms with Gasteiger partial charge in [-0.15, -0.1) is 0 Å². The monoisotopic (exact) mass is 430 g/mol. The molecule has 1 aliphatic carbocycles. The third-order valence-electron chi connectivity index (χ3n) is 6.64. The van der Waals surface area contributed by atoms with E-state index in [0.717, 1.165) is 39.2 Å². The molecule has 0 bridgehead atoms. The fourth-order valence-corrected chi connectivity index (χ4v) is 5.04. The smallest absolute Gasteiger partial charge is 0.233 e. The number of rotatable bonds is 4. The van der Waals surface area contributed by atoms with Gasteiger partial charge in [0.1, 0.15) is 0 Å². The molecule has 2 atom stereocenters. The van der Waals surface area contributed by atoms with Crippen LogP contribution in [0.4, 0.5) is 5.88 Å². The molecular formula is C26H26N2O4. The topological polar surface area (TPSA) is 73.6 Å². The van der Waals surface area contributed by atoms with Crippen molar-refractivity contribution in [2.24, 2.45) is 0 Å². The second kappa shape index (κ2) is 7.86. The summed E-state index contributed by atoms with van der Waals surface area (Å²) in [5, 5.41) is 7.59. The molecule has 0 unspecified atom stereocenters. The molecular weight excluding hydrogens is 404 g/mol. The van der Waals surface area contributed by atoms with Crippen molar-refractivity contribution in [2.45, 2.75) is 38.5 Å². The first-order valence-electron chi connectivity index (χ1n) is 10.8. The molecule has 0 fully saturated rings. The molecule has 3 aromatic rings. The average Bonchev–Trinajstić information content (AvgIpc) is 3.17. The Morgan fingerprint density at radius 3 is 2.56 bits per heavy atom. The summed E-state index contributed by atoms with van der Waals surface area (Å²) in [6.07, 6.45) is 1.15. The maximum Gasteiger partial charge on any atom is 0.233 e.